The van der Waals surface area contributed by atoms with Crippen molar-refractivity contribution in [1.82, 2.24) is 4.90 Å². The van der Waals surface area contributed by atoms with Gasteiger partial charge in [-0.3, -0.25) is 4.79 Å². The Morgan fingerprint density at radius 2 is 1.82 bits per heavy atom. The summed E-state index contributed by atoms with van der Waals surface area (Å²) >= 11 is 1.50. The van der Waals surface area contributed by atoms with E-state index in [0.29, 0.717) is 11.8 Å². The second-order valence-electron chi connectivity index (χ2n) is 6.21. The highest BCUT2D eigenvalue weighted by atomic mass is 32.1. The first kappa shape index (κ1) is 19.9. The average molecular weight is 405 g/mol. The van der Waals surface area contributed by atoms with Crippen molar-refractivity contribution < 1.29 is 22.4 Å². The SMILES string of the molecule is Cc1ccc(CN(Cc2ccco2)C(=O)/C=C(/c2ccccc2)C(F)(F)F)s1. The lowest BCUT2D eigenvalue weighted by Crippen LogP contribution is -2.29. The van der Waals surface area contributed by atoms with Crippen LogP contribution in [0.15, 0.2) is 71.4 Å². The zero-order valence-corrected chi connectivity index (χ0v) is 15.9. The van der Waals surface area contributed by atoms with E-state index in [2.05, 4.69) is 0 Å². The molecule has 0 fully saturated rings. The highest BCUT2D eigenvalue weighted by molar-refractivity contribution is 7.11. The molecule has 1 aromatic carbocycles. The van der Waals surface area contributed by atoms with E-state index in [9.17, 15) is 18.0 Å². The lowest BCUT2D eigenvalue weighted by molar-refractivity contribution is -0.127. The second-order valence-corrected chi connectivity index (χ2v) is 7.58. The van der Waals surface area contributed by atoms with Crippen LogP contribution in [0, 0.1) is 6.92 Å². The van der Waals surface area contributed by atoms with E-state index in [0.717, 1.165) is 9.75 Å². The molecule has 0 saturated carbocycles. The molecular formula is C21H18F3NO2S. The first-order valence-electron chi connectivity index (χ1n) is 8.54. The van der Waals surface area contributed by atoms with Crippen molar-refractivity contribution in [2.45, 2.75) is 26.2 Å². The minimum atomic E-state index is -4.65. The number of nitrogens with zero attached hydrogens (tertiary/aromatic N) is 1. The van der Waals surface area contributed by atoms with Crippen LogP contribution in [0.4, 0.5) is 13.2 Å². The molecule has 0 aliphatic heterocycles. The van der Waals surface area contributed by atoms with Crippen LogP contribution in [0.3, 0.4) is 0 Å². The third-order valence-electron chi connectivity index (χ3n) is 4.04. The first-order chi connectivity index (χ1) is 13.3. The number of thiophene rings is 1. The summed E-state index contributed by atoms with van der Waals surface area (Å²) in [4.78, 5) is 16.1. The first-order valence-corrected chi connectivity index (χ1v) is 9.35. The van der Waals surface area contributed by atoms with Gasteiger partial charge in [0.25, 0.3) is 0 Å². The van der Waals surface area contributed by atoms with E-state index >= 15 is 0 Å². The van der Waals surface area contributed by atoms with Crippen LogP contribution >= 0.6 is 11.3 Å². The second kappa shape index (κ2) is 8.48. The maximum Gasteiger partial charge on any atom is 0.417 e. The van der Waals surface area contributed by atoms with Gasteiger partial charge in [0.15, 0.2) is 0 Å². The zero-order valence-electron chi connectivity index (χ0n) is 15.1. The molecule has 0 saturated heterocycles. The van der Waals surface area contributed by atoms with Gasteiger partial charge in [0, 0.05) is 15.8 Å². The van der Waals surface area contributed by atoms with Crippen molar-refractivity contribution in [2.24, 2.45) is 0 Å². The number of carbonyl (C=O) groups excluding carboxylic acids is 1. The number of halogens is 3. The summed E-state index contributed by atoms with van der Waals surface area (Å²) in [6.45, 7) is 2.22. The molecular weight excluding hydrogens is 387 g/mol. The fourth-order valence-corrected chi connectivity index (χ4v) is 3.63. The van der Waals surface area contributed by atoms with Gasteiger partial charge in [0.2, 0.25) is 5.91 Å². The Morgan fingerprint density at radius 1 is 1.07 bits per heavy atom. The number of alkyl halides is 3. The normalized spacial score (nSPS) is 12.2. The predicted octanol–water partition coefficient (Wildman–Crippen LogP) is 5.82. The van der Waals surface area contributed by atoms with Crippen molar-refractivity contribution in [3.05, 3.63) is 88.0 Å². The van der Waals surface area contributed by atoms with Gasteiger partial charge in [0.05, 0.1) is 24.9 Å². The molecule has 0 atom stereocenters. The highest BCUT2D eigenvalue weighted by Crippen LogP contribution is 2.34. The predicted molar refractivity (Wildman–Crippen MR) is 102 cm³/mol. The largest absolute Gasteiger partial charge is 0.467 e. The molecule has 0 radical (unpaired) electrons. The molecule has 2 aromatic heterocycles. The van der Waals surface area contributed by atoms with Gasteiger partial charge in [-0.15, -0.1) is 11.3 Å². The number of amides is 1. The number of carbonyl (C=O) groups is 1. The molecule has 0 aliphatic carbocycles. The van der Waals surface area contributed by atoms with Crippen molar-refractivity contribution in [3.8, 4) is 0 Å². The lowest BCUT2D eigenvalue weighted by atomic mass is 10.0. The van der Waals surface area contributed by atoms with Gasteiger partial charge >= 0.3 is 6.18 Å². The topological polar surface area (TPSA) is 33.5 Å². The molecule has 7 heteroatoms. The quantitative estimate of drug-likeness (QED) is 0.484. The van der Waals surface area contributed by atoms with Crippen LogP contribution in [0.2, 0.25) is 0 Å². The summed E-state index contributed by atoms with van der Waals surface area (Å²) in [7, 11) is 0. The van der Waals surface area contributed by atoms with Crippen LogP contribution in [-0.2, 0) is 17.9 Å². The average Bonchev–Trinajstić information content (AvgIpc) is 3.30. The fraction of sp³-hybridized carbons (Fsp3) is 0.190. The number of furan rings is 1. The smallest absolute Gasteiger partial charge is 0.417 e. The van der Waals surface area contributed by atoms with Crippen molar-refractivity contribution >= 4 is 22.8 Å². The van der Waals surface area contributed by atoms with Gasteiger partial charge in [-0.05, 0) is 36.8 Å². The summed E-state index contributed by atoms with van der Waals surface area (Å²) in [5, 5.41) is 0. The lowest BCUT2D eigenvalue weighted by Gasteiger charge is -2.21. The van der Waals surface area contributed by atoms with Gasteiger partial charge in [0.1, 0.15) is 5.76 Å². The summed E-state index contributed by atoms with van der Waals surface area (Å²) in [5.41, 5.74) is -1.02. The minimum absolute atomic E-state index is 0.0479. The minimum Gasteiger partial charge on any atom is -0.467 e. The third kappa shape index (κ3) is 5.13. The van der Waals surface area contributed by atoms with E-state index < -0.39 is 17.7 Å². The fourth-order valence-electron chi connectivity index (χ4n) is 2.72. The highest BCUT2D eigenvalue weighted by Gasteiger charge is 2.35. The molecule has 146 valence electrons. The van der Waals surface area contributed by atoms with E-state index in [1.807, 2.05) is 19.1 Å². The number of rotatable bonds is 6. The summed E-state index contributed by atoms with van der Waals surface area (Å²) in [6.07, 6.45) is -2.51. The Balaban J connectivity index is 1.92. The van der Waals surface area contributed by atoms with E-state index in [1.54, 1.807) is 18.2 Å². The Labute approximate surface area is 164 Å². The van der Waals surface area contributed by atoms with Gasteiger partial charge < -0.3 is 9.32 Å². The zero-order chi connectivity index (χ0) is 20.1. The molecule has 28 heavy (non-hydrogen) atoms. The molecule has 3 aromatic rings. The Bertz CT molecular complexity index is 944. The van der Waals surface area contributed by atoms with Crippen molar-refractivity contribution in [3.63, 3.8) is 0 Å². The number of hydrogen-bond acceptors (Lipinski definition) is 3. The monoisotopic (exact) mass is 405 g/mol. The summed E-state index contributed by atoms with van der Waals surface area (Å²) < 4.78 is 46.0. The molecule has 0 aliphatic rings. The molecule has 0 spiro atoms. The molecule has 3 nitrogen and oxygen atoms in total. The van der Waals surface area contributed by atoms with Crippen molar-refractivity contribution in [1.29, 1.82) is 0 Å². The third-order valence-corrected chi connectivity index (χ3v) is 5.02. The van der Waals surface area contributed by atoms with Crippen LogP contribution in [-0.4, -0.2) is 17.0 Å². The van der Waals surface area contributed by atoms with Gasteiger partial charge in [-0.25, -0.2) is 0 Å². The summed E-state index contributed by atoms with van der Waals surface area (Å²) in [6, 6.07) is 14.5. The number of aryl methyl sites for hydroxylation is 1. The summed E-state index contributed by atoms with van der Waals surface area (Å²) in [5.74, 6) is -0.220. The van der Waals surface area contributed by atoms with Gasteiger partial charge in [-0.1, -0.05) is 30.3 Å². The maximum atomic E-state index is 13.6. The molecule has 1 amide bonds. The van der Waals surface area contributed by atoms with E-state index in [1.165, 1.54) is 46.8 Å². The van der Waals surface area contributed by atoms with E-state index in [4.69, 9.17) is 4.42 Å². The standard InChI is InChI=1S/C21H18F3NO2S/c1-15-9-10-18(28-15)14-25(13-17-8-5-11-27-17)20(26)12-19(21(22,23)24)16-6-3-2-4-7-16/h2-12H,13-14H2,1H3/b19-12-. The number of hydrogen-bond donors (Lipinski definition) is 0. The van der Waals surface area contributed by atoms with E-state index in [-0.39, 0.29) is 18.7 Å². The number of benzene rings is 1. The van der Waals surface area contributed by atoms with Crippen LogP contribution in [0.25, 0.3) is 5.57 Å². The molecule has 3 rings (SSSR count). The Morgan fingerprint density at radius 3 is 2.39 bits per heavy atom. The maximum absolute atomic E-state index is 13.6. The van der Waals surface area contributed by atoms with Crippen LogP contribution in [0.5, 0.6) is 0 Å². The molecule has 0 bridgehead atoms. The van der Waals surface area contributed by atoms with Crippen LogP contribution in [0.1, 0.15) is 21.1 Å². The Hall–Kier alpha value is -2.80. The molecule has 0 unspecified atom stereocenters. The Kier molecular flexibility index (Phi) is 6.04. The number of allylic oxidation sites excluding steroid dienone is 1. The molecule has 0 N–H and O–H groups in total. The van der Waals surface area contributed by atoms with Crippen molar-refractivity contribution in [2.75, 3.05) is 0 Å². The van der Waals surface area contributed by atoms with Crippen LogP contribution < -0.4 is 0 Å². The molecule has 2 heterocycles. The van der Waals surface area contributed by atoms with Gasteiger partial charge in [-0.2, -0.15) is 13.2 Å².